The van der Waals surface area contributed by atoms with Crippen molar-refractivity contribution in [1.82, 2.24) is 19.6 Å². The summed E-state index contributed by atoms with van der Waals surface area (Å²) in [7, 11) is 1.82. The number of hydrogen-bond acceptors (Lipinski definition) is 3. The van der Waals surface area contributed by atoms with Crippen LogP contribution in [-0.2, 0) is 7.05 Å². The number of benzene rings is 2. The average Bonchev–Trinajstić information content (AvgIpc) is 2.95. The number of nitrogens with zero attached hydrogens (tertiary/aromatic N) is 4. The van der Waals surface area contributed by atoms with E-state index in [2.05, 4.69) is 10.2 Å². The van der Waals surface area contributed by atoms with Gasteiger partial charge in [-0.25, -0.2) is 0 Å². The second-order valence-electron chi connectivity index (χ2n) is 5.30. The summed E-state index contributed by atoms with van der Waals surface area (Å²) in [5.74, 6) is 0. The van der Waals surface area contributed by atoms with E-state index in [0.717, 1.165) is 16.8 Å². The molecule has 0 aliphatic rings. The molecular formula is C18H14N4O. The van der Waals surface area contributed by atoms with Crippen LogP contribution in [0.25, 0.3) is 27.8 Å². The lowest BCUT2D eigenvalue weighted by molar-refractivity contribution is 0.784. The third-order valence-electron chi connectivity index (χ3n) is 3.84. The van der Waals surface area contributed by atoms with E-state index >= 15 is 0 Å². The number of aryl methyl sites for hydroxylation is 1. The molecule has 0 fully saturated rings. The van der Waals surface area contributed by atoms with Crippen molar-refractivity contribution in [2.45, 2.75) is 0 Å². The quantitative estimate of drug-likeness (QED) is 0.572. The van der Waals surface area contributed by atoms with Crippen LogP contribution in [0.5, 0.6) is 0 Å². The van der Waals surface area contributed by atoms with Crippen LogP contribution in [0.15, 0.2) is 71.7 Å². The third kappa shape index (κ3) is 2.14. The van der Waals surface area contributed by atoms with Crippen molar-refractivity contribution in [3.8, 4) is 16.9 Å². The van der Waals surface area contributed by atoms with Crippen LogP contribution in [0, 0.1) is 0 Å². The fraction of sp³-hybridized carbons (Fsp3) is 0.0556. The molecule has 0 amide bonds. The van der Waals surface area contributed by atoms with Crippen molar-refractivity contribution in [2.75, 3.05) is 0 Å². The molecule has 0 saturated heterocycles. The van der Waals surface area contributed by atoms with Crippen LogP contribution in [0.3, 0.4) is 0 Å². The van der Waals surface area contributed by atoms with Crippen molar-refractivity contribution in [1.29, 1.82) is 0 Å². The van der Waals surface area contributed by atoms with Crippen LogP contribution in [0.2, 0.25) is 0 Å². The van der Waals surface area contributed by atoms with E-state index in [9.17, 15) is 4.79 Å². The summed E-state index contributed by atoms with van der Waals surface area (Å²) in [6, 6.07) is 19.1. The topological polar surface area (TPSA) is 52.7 Å². The largest absolute Gasteiger partial charge is 0.283 e. The van der Waals surface area contributed by atoms with Gasteiger partial charge in [-0.2, -0.15) is 14.9 Å². The molecule has 0 aliphatic carbocycles. The van der Waals surface area contributed by atoms with Gasteiger partial charge in [-0.15, -0.1) is 0 Å². The molecule has 0 unspecified atom stereocenters. The van der Waals surface area contributed by atoms with Crippen molar-refractivity contribution < 1.29 is 0 Å². The maximum Gasteiger partial charge on any atom is 0.283 e. The SMILES string of the molecule is Cn1nc(-c2ccccc2)c2c(=O)n(-c3ccccc3)ncc21. The highest BCUT2D eigenvalue weighted by molar-refractivity contribution is 5.92. The number of aromatic nitrogens is 4. The monoisotopic (exact) mass is 302 g/mol. The van der Waals surface area contributed by atoms with E-state index in [1.165, 1.54) is 4.68 Å². The Morgan fingerprint density at radius 3 is 2.26 bits per heavy atom. The molecule has 23 heavy (non-hydrogen) atoms. The Kier molecular flexibility index (Phi) is 3.05. The van der Waals surface area contributed by atoms with Crippen LogP contribution in [-0.4, -0.2) is 19.6 Å². The molecule has 0 atom stereocenters. The second kappa shape index (κ2) is 5.21. The van der Waals surface area contributed by atoms with Crippen LogP contribution >= 0.6 is 0 Å². The summed E-state index contributed by atoms with van der Waals surface area (Å²) >= 11 is 0. The Balaban J connectivity index is 2.05. The molecular weight excluding hydrogens is 288 g/mol. The molecule has 4 rings (SSSR count). The minimum Gasteiger partial charge on any atom is -0.267 e. The fourth-order valence-corrected chi connectivity index (χ4v) is 2.72. The molecule has 112 valence electrons. The fourth-order valence-electron chi connectivity index (χ4n) is 2.72. The van der Waals surface area contributed by atoms with Crippen LogP contribution in [0.4, 0.5) is 0 Å². The van der Waals surface area contributed by atoms with Gasteiger partial charge >= 0.3 is 0 Å². The number of rotatable bonds is 2. The smallest absolute Gasteiger partial charge is 0.267 e. The lowest BCUT2D eigenvalue weighted by atomic mass is 10.1. The van der Waals surface area contributed by atoms with Gasteiger partial charge in [0.25, 0.3) is 5.56 Å². The molecule has 0 aliphatic heterocycles. The molecule has 5 heteroatoms. The molecule has 2 aromatic carbocycles. The van der Waals surface area contributed by atoms with E-state index < -0.39 is 0 Å². The Labute approximate surface area is 132 Å². The molecule has 0 bridgehead atoms. The van der Waals surface area contributed by atoms with Gasteiger partial charge in [0, 0.05) is 12.6 Å². The van der Waals surface area contributed by atoms with Crippen molar-refractivity contribution in [3.05, 3.63) is 77.2 Å². The van der Waals surface area contributed by atoms with E-state index in [1.807, 2.05) is 67.7 Å². The highest BCUT2D eigenvalue weighted by atomic mass is 16.1. The summed E-state index contributed by atoms with van der Waals surface area (Å²) in [5.41, 5.74) is 2.89. The first-order valence-electron chi connectivity index (χ1n) is 7.31. The first-order chi connectivity index (χ1) is 11.3. The Morgan fingerprint density at radius 1 is 0.913 bits per heavy atom. The summed E-state index contributed by atoms with van der Waals surface area (Å²) in [6.45, 7) is 0. The number of hydrogen-bond donors (Lipinski definition) is 0. The predicted octanol–water partition coefficient (Wildman–Crippen LogP) is 2.79. The zero-order valence-electron chi connectivity index (χ0n) is 12.5. The first-order valence-corrected chi connectivity index (χ1v) is 7.31. The Bertz CT molecular complexity index is 1030. The standard InChI is InChI=1S/C18H14N4O/c1-21-15-12-19-22(14-10-6-3-7-11-14)18(23)16(15)17(20-21)13-8-4-2-5-9-13/h2-12H,1H3. The van der Waals surface area contributed by atoms with Crippen molar-refractivity contribution in [3.63, 3.8) is 0 Å². The normalized spacial score (nSPS) is 11.0. The predicted molar refractivity (Wildman–Crippen MR) is 89.5 cm³/mol. The van der Waals surface area contributed by atoms with E-state index in [0.29, 0.717) is 11.1 Å². The summed E-state index contributed by atoms with van der Waals surface area (Å²) in [4.78, 5) is 13.0. The van der Waals surface area contributed by atoms with Crippen molar-refractivity contribution in [2.24, 2.45) is 7.05 Å². The van der Waals surface area contributed by atoms with Gasteiger partial charge in [0.2, 0.25) is 0 Å². The van der Waals surface area contributed by atoms with Gasteiger partial charge in [0.1, 0.15) is 5.69 Å². The van der Waals surface area contributed by atoms with Gasteiger partial charge in [0.15, 0.2) is 0 Å². The maximum absolute atomic E-state index is 13.0. The zero-order chi connectivity index (χ0) is 15.8. The number of para-hydroxylation sites is 1. The van der Waals surface area contributed by atoms with Crippen molar-refractivity contribution >= 4 is 10.9 Å². The van der Waals surface area contributed by atoms with Gasteiger partial charge in [-0.3, -0.25) is 9.48 Å². The minimum atomic E-state index is -0.166. The molecule has 2 aromatic heterocycles. The molecule has 0 N–H and O–H groups in total. The first kappa shape index (κ1) is 13.5. The van der Waals surface area contributed by atoms with Gasteiger partial charge in [0.05, 0.1) is 22.8 Å². The third-order valence-corrected chi connectivity index (χ3v) is 3.84. The highest BCUT2D eigenvalue weighted by Crippen LogP contribution is 2.24. The van der Waals surface area contributed by atoms with E-state index in [4.69, 9.17) is 0 Å². The molecule has 4 aromatic rings. The molecule has 0 radical (unpaired) electrons. The van der Waals surface area contributed by atoms with E-state index in [-0.39, 0.29) is 5.56 Å². The average molecular weight is 302 g/mol. The lowest BCUT2D eigenvalue weighted by Crippen LogP contribution is -2.21. The van der Waals surface area contributed by atoms with Gasteiger partial charge < -0.3 is 0 Å². The molecule has 2 heterocycles. The van der Waals surface area contributed by atoms with Crippen LogP contribution < -0.4 is 5.56 Å². The van der Waals surface area contributed by atoms with Gasteiger partial charge in [-0.05, 0) is 12.1 Å². The summed E-state index contributed by atoms with van der Waals surface area (Å²) in [5, 5.41) is 9.39. The minimum absolute atomic E-state index is 0.166. The maximum atomic E-state index is 13.0. The van der Waals surface area contributed by atoms with E-state index in [1.54, 1.807) is 10.9 Å². The Morgan fingerprint density at radius 2 is 1.57 bits per heavy atom. The molecule has 0 saturated carbocycles. The zero-order valence-corrected chi connectivity index (χ0v) is 12.5. The van der Waals surface area contributed by atoms with Gasteiger partial charge in [-0.1, -0.05) is 48.5 Å². The summed E-state index contributed by atoms with van der Waals surface area (Å²) in [6.07, 6.45) is 1.68. The molecule has 5 nitrogen and oxygen atoms in total. The highest BCUT2D eigenvalue weighted by Gasteiger charge is 2.16. The molecule has 0 spiro atoms. The second-order valence-corrected chi connectivity index (χ2v) is 5.30. The Hall–Kier alpha value is -3.21. The summed E-state index contributed by atoms with van der Waals surface area (Å²) < 4.78 is 3.11. The lowest BCUT2D eigenvalue weighted by Gasteiger charge is -2.04. The number of fused-ring (bicyclic) bond motifs is 1. The van der Waals surface area contributed by atoms with Crippen LogP contribution in [0.1, 0.15) is 0 Å².